The number of hydrogen-bond donors (Lipinski definition) is 0. The van der Waals surface area contributed by atoms with Crippen LogP contribution in [0, 0.1) is 0 Å². The average Bonchev–Trinajstić information content (AvgIpc) is 3.31. The van der Waals surface area contributed by atoms with Crippen LogP contribution in [0.15, 0.2) is 89.3 Å². The molecule has 0 unspecified atom stereocenters. The van der Waals surface area contributed by atoms with Crippen molar-refractivity contribution in [2.75, 3.05) is 0 Å². The summed E-state index contributed by atoms with van der Waals surface area (Å²) in [5, 5.41) is 2.27. The second-order valence-corrected chi connectivity index (χ2v) is 7.96. The number of nitrogens with zero attached hydrogens (tertiary/aromatic N) is 2. The normalized spacial score (nSPS) is 13.1. The minimum atomic E-state index is 0.897. The monoisotopic (exact) mass is 386 g/mol. The summed E-state index contributed by atoms with van der Waals surface area (Å²) in [5.41, 5.74) is 9.00. The van der Waals surface area contributed by atoms with Crippen LogP contribution in [0.1, 0.15) is 11.1 Å². The molecule has 2 aromatic heterocycles. The van der Waals surface area contributed by atoms with Gasteiger partial charge in [-0.15, -0.1) is 0 Å². The lowest BCUT2D eigenvalue weighted by atomic mass is 10.0. The number of para-hydroxylation sites is 4. The molecule has 6 aromatic rings. The lowest BCUT2D eigenvalue weighted by Gasteiger charge is -2.12. The van der Waals surface area contributed by atoms with E-state index in [2.05, 4.69) is 77.4 Å². The third-order valence-electron chi connectivity index (χ3n) is 6.30. The van der Waals surface area contributed by atoms with Gasteiger partial charge in [0.05, 0.1) is 22.3 Å². The molecule has 1 aliphatic heterocycles. The molecule has 0 saturated heterocycles. The van der Waals surface area contributed by atoms with Gasteiger partial charge in [0.25, 0.3) is 0 Å². The van der Waals surface area contributed by atoms with Crippen molar-refractivity contribution in [3.8, 4) is 17.1 Å². The molecule has 0 saturated carbocycles. The number of fused-ring (bicyclic) bond motifs is 5. The van der Waals surface area contributed by atoms with E-state index >= 15 is 0 Å². The molecule has 3 nitrogen and oxygen atoms in total. The first-order valence-electron chi connectivity index (χ1n) is 10.4. The number of aryl methyl sites for hydroxylation is 2. The highest BCUT2D eigenvalue weighted by Gasteiger charge is 2.23. The summed E-state index contributed by atoms with van der Waals surface area (Å²) in [5.74, 6) is 0.941. The van der Waals surface area contributed by atoms with Gasteiger partial charge in [-0.25, -0.2) is 4.98 Å². The van der Waals surface area contributed by atoms with Crippen molar-refractivity contribution in [3.63, 3.8) is 0 Å². The van der Waals surface area contributed by atoms with E-state index in [4.69, 9.17) is 9.40 Å². The van der Waals surface area contributed by atoms with Crippen LogP contribution in [0.5, 0.6) is 0 Å². The van der Waals surface area contributed by atoms with Crippen LogP contribution in [0.4, 0.5) is 0 Å². The molecule has 3 heterocycles. The SMILES string of the molecule is c1ccc2c(c1)CCc1cccc3nc(-c4cccc5c4oc4ccccc45)n-2c13. The first-order chi connectivity index (χ1) is 14.9. The molecular weight excluding hydrogens is 368 g/mol. The van der Waals surface area contributed by atoms with E-state index in [1.165, 1.54) is 22.3 Å². The minimum Gasteiger partial charge on any atom is -0.455 e. The van der Waals surface area contributed by atoms with Gasteiger partial charge in [-0.05, 0) is 48.2 Å². The molecule has 0 atom stereocenters. The van der Waals surface area contributed by atoms with Crippen molar-refractivity contribution in [3.05, 3.63) is 96.1 Å². The third kappa shape index (κ3) is 2.07. The van der Waals surface area contributed by atoms with Gasteiger partial charge in [0.2, 0.25) is 0 Å². The standard InChI is InChI=1S/C27H18N2O/c1-3-13-23-17(7-1)15-16-18-8-5-12-22-25(18)29(23)27(28-22)21-11-6-10-20-19-9-2-4-14-24(19)30-26(20)21/h1-14H,15-16H2. The van der Waals surface area contributed by atoms with E-state index in [1.54, 1.807) is 0 Å². The lowest BCUT2D eigenvalue weighted by Crippen LogP contribution is -2.00. The number of rotatable bonds is 1. The van der Waals surface area contributed by atoms with Crippen LogP contribution < -0.4 is 0 Å². The summed E-state index contributed by atoms with van der Waals surface area (Å²) in [7, 11) is 0. The van der Waals surface area contributed by atoms with Crippen molar-refractivity contribution >= 4 is 33.0 Å². The number of aromatic nitrogens is 2. The largest absolute Gasteiger partial charge is 0.455 e. The first kappa shape index (κ1) is 16.0. The van der Waals surface area contributed by atoms with Crippen molar-refractivity contribution in [1.82, 2.24) is 9.55 Å². The number of imidazole rings is 1. The fraction of sp³-hybridized carbons (Fsp3) is 0.0741. The smallest absolute Gasteiger partial charge is 0.149 e. The Balaban J connectivity index is 1.65. The molecule has 142 valence electrons. The fourth-order valence-corrected chi connectivity index (χ4v) is 4.95. The van der Waals surface area contributed by atoms with Gasteiger partial charge in [-0.3, -0.25) is 4.57 Å². The molecule has 30 heavy (non-hydrogen) atoms. The highest BCUT2D eigenvalue weighted by Crippen LogP contribution is 2.39. The van der Waals surface area contributed by atoms with E-state index < -0.39 is 0 Å². The predicted octanol–water partition coefficient (Wildman–Crippen LogP) is 6.69. The maximum Gasteiger partial charge on any atom is 0.149 e. The zero-order valence-corrected chi connectivity index (χ0v) is 16.3. The zero-order chi connectivity index (χ0) is 19.7. The van der Waals surface area contributed by atoms with Gasteiger partial charge in [-0.1, -0.05) is 60.7 Å². The second-order valence-electron chi connectivity index (χ2n) is 7.96. The van der Waals surface area contributed by atoms with Crippen LogP contribution in [0.25, 0.3) is 50.0 Å². The van der Waals surface area contributed by atoms with E-state index in [0.29, 0.717) is 0 Å². The van der Waals surface area contributed by atoms with E-state index in [9.17, 15) is 0 Å². The van der Waals surface area contributed by atoms with Crippen molar-refractivity contribution in [2.24, 2.45) is 0 Å². The number of furan rings is 1. The molecule has 0 radical (unpaired) electrons. The maximum absolute atomic E-state index is 6.35. The Bertz CT molecular complexity index is 1600. The molecule has 3 heteroatoms. The van der Waals surface area contributed by atoms with E-state index in [0.717, 1.165) is 51.7 Å². The van der Waals surface area contributed by atoms with Gasteiger partial charge >= 0.3 is 0 Å². The molecule has 0 amide bonds. The van der Waals surface area contributed by atoms with Crippen LogP contribution in [-0.4, -0.2) is 9.55 Å². The summed E-state index contributed by atoms with van der Waals surface area (Å²) in [6.45, 7) is 0. The van der Waals surface area contributed by atoms with Gasteiger partial charge < -0.3 is 4.42 Å². The van der Waals surface area contributed by atoms with Crippen molar-refractivity contribution in [1.29, 1.82) is 0 Å². The molecule has 0 bridgehead atoms. The summed E-state index contributed by atoms with van der Waals surface area (Å²) < 4.78 is 8.69. The Morgan fingerprint density at radius 3 is 2.47 bits per heavy atom. The fourth-order valence-electron chi connectivity index (χ4n) is 4.95. The summed E-state index contributed by atoms with van der Waals surface area (Å²) >= 11 is 0. The Morgan fingerprint density at radius 2 is 1.47 bits per heavy atom. The van der Waals surface area contributed by atoms with E-state index in [1.807, 2.05) is 12.1 Å². The molecule has 7 rings (SSSR count). The number of benzene rings is 4. The lowest BCUT2D eigenvalue weighted by molar-refractivity contribution is 0.669. The molecule has 0 spiro atoms. The van der Waals surface area contributed by atoms with Crippen molar-refractivity contribution in [2.45, 2.75) is 12.8 Å². The minimum absolute atomic E-state index is 0.897. The third-order valence-corrected chi connectivity index (χ3v) is 6.30. The predicted molar refractivity (Wildman–Crippen MR) is 121 cm³/mol. The maximum atomic E-state index is 6.35. The Morgan fingerprint density at radius 1 is 0.700 bits per heavy atom. The second kappa shape index (κ2) is 5.83. The Kier molecular flexibility index (Phi) is 3.11. The summed E-state index contributed by atoms with van der Waals surface area (Å²) in [4.78, 5) is 5.12. The molecule has 1 aliphatic rings. The average molecular weight is 386 g/mol. The summed E-state index contributed by atoms with van der Waals surface area (Å²) in [6, 6.07) is 29.8. The van der Waals surface area contributed by atoms with Gasteiger partial charge in [-0.2, -0.15) is 0 Å². The summed E-state index contributed by atoms with van der Waals surface area (Å²) in [6.07, 6.45) is 2.06. The van der Waals surface area contributed by atoms with Crippen LogP contribution in [-0.2, 0) is 12.8 Å². The highest BCUT2D eigenvalue weighted by molar-refractivity contribution is 6.09. The molecular formula is C27H18N2O. The quantitative estimate of drug-likeness (QED) is 0.315. The van der Waals surface area contributed by atoms with Crippen LogP contribution >= 0.6 is 0 Å². The highest BCUT2D eigenvalue weighted by atomic mass is 16.3. The number of hydrogen-bond acceptors (Lipinski definition) is 2. The molecule has 0 N–H and O–H groups in total. The molecule has 0 fully saturated rings. The Hall–Kier alpha value is -3.85. The molecule has 0 aliphatic carbocycles. The van der Waals surface area contributed by atoms with Gasteiger partial charge in [0, 0.05) is 10.8 Å². The topological polar surface area (TPSA) is 31.0 Å². The van der Waals surface area contributed by atoms with Gasteiger partial charge in [0.1, 0.15) is 17.0 Å². The zero-order valence-electron chi connectivity index (χ0n) is 16.3. The van der Waals surface area contributed by atoms with E-state index in [-0.39, 0.29) is 0 Å². The van der Waals surface area contributed by atoms with Gasteiger partial charge in [0.15, 0.2) is 0 Å². The first-order valence-corrected chi connectivity index (χ1v) is 10.4. The Labute approximate surface area is 173 Å². The van der Waals surface area contributed by atoms with Crippen LogP contribution in [0.3, 0.4) is 0 Å². The van der Waals surface area contributed by atoms with Crippen LogP contribution in [0.2, 0.25) is 0 Å². The van der Waals surface area contributed by atoms with Crippen molar-refractivity contribution < 1.29 is 4.42 Å². The molecule has 4 aromatic carbocycles.